The number of carbonyl (C=O) groups excluding carboxylic acids is 1. The SMILES string of the molecule is NC(=O)c1ccc(NS(=O)(=O)c2scnc2C(=O)O)cc1. The number of aromatic carboxylic acids is 1. The van der Waals surface area contributed by atoms with Crippen molar-refractivity contribution in [3.8, 4) is 0 Å². The maximum Gasteiger partial charge on any atom is 0.356 e. The Hall–Kier alpha value is -2.46. The number of carbonyl (C=O) groups is 2. The summed E-state index contributed by atoms with van der Waals surface area (Å²) in [7, 11) is -4.07. The monoisotopic (exact) mass is 327 g/mol. The van der Waals surface area contributed by atoms with Gasteiger partial charge in [-0.3, -0.25) is 9.52 Å². The lowest BCUT2D eigenvalue weighted by Crippen LogP contribution is -2.16. The summed E-state index contributed by atoms with van der Waals surface area (Å²) < 4.78 is 26.0. The van der Waals surface area contributed by atoms with Crippen LogP contribution in [0.1, 0.15) is 20.8 Å². The van der Waals surface area contributed by atoms with Crippen molar-refractivity contribution in [1.29, 1.82) is 0 Å². The van der Waals surface area contributed by atoms with Crippen molar-refractivity contribution >= 4 is 38.9 Å². The van der Waals surface area contributed by atoms with E-state index in [0.29, 0.717) is 11.3 Å². The lowest BCUT2D eigenvalue weighted by Gasteiger charge is -2.07. The van der Waals surface area contributed by atoms with Gasteiger partial charge in [0.1, 0.15) is 0 Å². The molecule has 2 aromatic rings. The third kappa shape index (κ3) is 3.17. The standard InChI is InChI=1S/C11H9N3O5S2/c12-9(15)6-1-3-7(4-2-6)14-21(18,19)11-8(10(16)17)13-5-20-11/h1-5,14H,(H2,12,15)(H,16,17). The molecule has 2 rings (SSSR count). The van der Waals surface area contributed by atoms with Gasteiger partial charge >= 0.3 is 5.97 Å². The zero-order valence-electron chi connectivity index (χ0n) is 10.3. The molecule has 4 N–H and O–H groups in total. The van der Waals surface area contributed by atoms with Gasteiger partial charge in [-0.2, -0.15) is 0 Å². The average Bonchev–Trinajstić information content (AvgIpc) is 2.89. The molecule has 110 valence electrons. The van der Waals surface area contributed by atoms with Crippen LogP contribution < -0.4 is 10.5 Å². The van der Waals surface area contributed by atoms with Crippen LogP contribution in [0.25, 0.3) is 0 Å². The lowest BCUT2D eigenvalue weighted by atomic mass is 10.2. The number of hydrogen-bond acceptors (Lipinski definition) is 6. The van der Waals surface area contributed by atoms with Gasteiger partial charge in [0.2, 0.25) is 5.91 Å². The number of carboxylic acid groups (broad SMARTS) is 1. The normalized spacial score (nSPS) is 11.0. The van der Waals surface area contributed by atoms with Gasteiger partial charge in [-0.15, -0.1) is 11.3 Å². The highest BCUT2D eigenvalue weighted by molar-refractivity contribution is 7.94. The Balaban J connectivity index is 2.31. The number of thiazole rings is 1. The Kier molecular flexibility index (Phi) is 3.91. The van der Waals surface area contributed by atoms with Gasteiger partial charge in [-0.05, 0) is 24.3 Å². The molecule has 0 bridgehead atoms. The zero-order valence-corrected chi connectivity index (χ0v) is 11.9. The van der Waals surface area contributed by atoms with E-state index >= 15 is 0 Å². The van der Waals surface area contributed by atoms with Crippen LogP contribution in [0.3, 0.4) is 0 Å². The largest absolute Gasteiger partial charge is 0.476 e. The van der Waals surface area contributed by atoms with Crippen molar-refractivity contribution in [1.82, 2.24) is 4.98 Å². The summed E-state index contributed by atoms with van der Waals surface area (Å²) in [5.41, 5.74) is 6.06. The molecule has 0 saturated heterocycles. The van der Waals surface area contributed by atoms with Gasteiger partial charge in [0.05, 0.1) is 5.51 Å². The van der Waals surface area contributed by atoms with Gasteiger partial charge in [-0.1, -0.05) is 0 Å². The number of primary amides is 1. The van der Waals surface area contributed by atoms with Crippen molar-refractivity contribution < 1.29 is 23.1 Å². The smallest absolute Gasteiger partial charge is 0.356 e. The Morgan fingerprint density at radius 2 is 1.86 bits per heavy atom. The first-order chi connectivity index (χ1) is 9.81. The average molecular weight is 327 g/mol. The summed E-state index contributed by atoms with van der Waals surface area (Å²) in [6, 6.07) is 5.40. The van der Waals surface area contributed by atoms with Crippen LogP contribution in [-0.4, -0.2) is 30.4 Å². The molecule has 1 heterocycles. The van der Waals surface area contributed by atoms with E-state index in [1.165, 1.54) is 24.3 Å². The second-order valence-corrected chi connectivity index (χ2v) is 6.57. The van der Waals surface area contributed by atoms with Crippen LogP contribution in [0, 0.1) is 0 Å². The Morgan fingerprint density at radius 1 is 1.24 bits per heavy atom. The molecule has 21 heavy (non-hydrogen) atoms. The minimum atomic E-state index is -4.07. The van der Waals surface area contributed by atoms with E-state index in [9.17, 15) is 18.0 Å². The van der Waals surface area contributed by atoms with Crippen molar-refractivity contribution in [2.75, 3.05) is 4.72 Å². The zero-order chi connectivity index (χ0) is 15.6. The van der Waals surface area contributed by atoms with Crippen molar-refractivity contribution in [3.05, 3.63) is 41.0 Å². The molecule has 10 heteroatoms. The number of hydrogen-bond donors (Lipinski definition) is 3. The van der Waals surface area contributed by atoms with Gasteiger partial charge in [0.25, 0.3) is 10.0 Å². The van der Waals surface area contributed by atoms with Crippen LogP contribution in [-0.2, 0) is 10.0 Å². The Labute approximate surface area is 123 Å². The van der Waals surface area contributed by atoms with Crippen LogP contribution >= 0.6 is 11.3 Å². The summed E-state index contributed by atoms with van der Waals surface area (Å²) in [5, 5.41) is 8.88. The summed E-state index contributed by atoms with van der Waals surface area (Å²) in [6.07, 6.45) is 0. The molecule has 1 aromatic carbocycles. The molecule has 0 saturated carbocycles. The quantitative estimate of drug-likeness (QED) is 0.740. The number of nitrogens with two attached hydrogens (primary N) is 1. The van der Waals surface area contributed by atoms with E-state index in [0.717, 1.165) is 5.51 Å². The van der Waals surface area contributed by atoms with Crippen molar-refractivity contribution in [2.24, 2.45) is 5.73 Å². The number of sulfonamides is 1. The number of rotatable bonds is 5. The van der Waals surface area contributed by atoms with Crippen LogP contribution in [0.2, 0.25) is 0 Å². The maximum absolute atomic E-state index is 12.1. The molecule has 0 atom stereocenters. The lowest BCUT2D eigenvalue weighted by molar-refractivity contribution is 0.0687. The first-order valence-electron chi connectivity index (χ1n) is 5.41. The second-order valence-electron chi connectivity index (χ2n) is 3.84. The van der Waals surface area contributed by atoms with Crippen LogP contribution in [0.15, 0.2) is 34.0 Å². The van der Waals surface area contributed by atoms with E-state index in [1.807, 2.05) is 0 Å². The van der Waals surface area contributed by atoms with E-state index < -0.39 is 31.8 Å². The first kappa shape index (κ1) is 14.9. The van der Waals surface area contributed by atoms with Crippen LogP contribution in [0.5, 0.6) is 0 Å². The Bertz CT molecular complexity index is 796. The summed E-state index contributed by atoms with van der Waals surface area (Å²) >= 11 is 0.696. The molecule has 0 radical (unpaired) electrons. The molecular formula is C11H9N3O5S2. The van der Waals surface area contributed by atoms with Crippen molar-refractivity contribution in [2.45, 2.75) is 4.21 Å². The third-order valence-corrected chi connectivity index (χ3v) is 5.15. The number of anilines is 1. The fraction of sp³-hybridized carbons (Fsp3) is 0. The molecule has 0 aliphatic rings. The number of benzene rings is 1. The number of aromatic nitrogens is 1. The number of amides is 1. The fourth-order valence-corrected chi connectivity index (χ4v) is 3.67. The van der Waals surface area contributed by atoms with Gasteiger partial charge < -0.3 is 10.8 Å². The van der Waals surface area contributed by atoms with Gasteiger partial charge in [0, 0.05) is 11.3 Å². The fourth-order valence-electron chi connectivity index (χ4n) is 1.47. The summed E-state index contributed by atoms with van der Waals surface area (Å²) in [5.74, 6) is -2.07. The number of carboxylic acids is 1. The molecule has 0 spiro atoms. The highest BCUT2D eigenvalue weighted by Crippen LogP contribution is 2.23. The molecule has 8 nitrogen and oxygen atoms in total. The number of nitrogens with zero attached hydrogens (tertiary/aromatic N) is 1. The molecule has 1 amide bonds. The molecular weight excluding hydrogens is 318 g/mol. The topological polar surface area (TPSA) is 139 Å². The summed E-state index contributed by atoms with van der Waals surface area (Å²) in [6.45, 7) is 0. The Morgan fingerprint density at radius 3 is 2.38 bits per heavy atom. The minimum Gasteiger partial charge on any atom is -0.476 e. The predicted octanol–water partition coefficient (Wildman–Crippen LogP) is 0.741. The molecule has 1 aromatic heterocycles. The molecule has 0 aliphatic heterocycles. The van der Waals surface area contributed by atoms with Gasteiger partial charge in [-0.25, -0.2) is 18.2 Å². The molecule has 0 aliphatic carbocycles. The van der Waals surface area contributed by atoms with E-state index in [2.05, 4.69) is 9.71 Å². The first-order valence-corrected chi connectivity index (χ1v) is 7.77. The minimum absolute atomic E-state index is 0.171. The van der Waals surface area contributed by atoms with E-state index in [1.54, 1.807) is 0 Å². The van der Waals surface area contributed by atoms with Crippen molar-refractivity contribution in [3.63, 3.8) is 0 Å². The molecule has 0 unspecified atom stereocenters. The van der Waals surface area contributed by atoms with Crippen LogP contribution in [0.4, 0.5) is 5.69 Å². The van der Waals surface area contributed by atoms with Gasteiger partial charge in [0.15, 0.2) is 9.90 Å². The maximum atomic E-state index is 12.1. The van der Waals surface area contributed by atoms with E-state index in [-0.39, 0.29) is 11.3 Å². The second kappa shape index (κ2) is 5.50. The number of nitrogens with one attached hydrogen (secondary N) is 1. The molecule has 0 fully saturated rings. The highest BCUT2D eigenvalue weighted by Gasteiger charge is 2.25. The summed E-state index contributed by atoms with van der Waals surface area (Å²) in [4.78, 5) is 25.3. The van der Waals surface area contributed by atoms with E-state index in [4.69, 9.17) is 10.8 Å². The third-order valence-electron chi connectivity index (χ3n) is 2.40. The predicted molar refractivity (Wildman–Crippen MR) is 74.8 cm³/mol. The highest BCUT2D eigenvalue weighted by atomic mass is 32.2.